The zero-order chi connectivity index (χ0) is 6.97. The van der Waals surface area contributed by atoms with Gasteiger partial charge in [0.05, 0.1) is 13.2 Å². The van der Waals surface area contributed by atoms with Crippen LogP contribution in [0.4, 0.5) is 0 Å². The third kappa shape index (κ3) is 0.830. The Bertz CT molecular complexity index is 253. The summed E-state index contributed by atoms with van der Waals surface area (Å²) in [6.45, 7) is 3.71. The Morgan fingerprint density at radius 1 is 1.20 bits per heavy atom. The summed E-state index contributed by atoms with van der Waals surface area (Å²) in [7, 11) is 0. The van der Waals surface area contributed by atoms with Crippen molar-refractivity contribution in [3.05, 3.63) is 34.9 Å². The summed E-state index contributed by atoms with van der Waals surface area (Å²) in [6.07, 6.45) is 0. The minimum Gasteiger partial charge on any atom is -0.372 e. The molecule has 52 valence electrons. The summed E-state index contributed by atoms with van der Waals surface area (Å²) < 4.78 is 5.27. The normalized spacial score (nSPS) is 15.3. The molecule has 0 saturated carbocycles. The Morgan fingerprint density at radius 3 is 2.90 bits per heavy atom. The molecule has 1 nitrogen and oxygen atoms in total. The van der Waals surface area contributed by atoms with Crippen LogP contribution in [0.3, 0.4) is 0 Å². The molecule has 0 N–H and O–H groups in total. The molecule has 0 radical (unpaired) electrons. The first kappa shape index (κ1) is 5.93. The van der Waals surface area contributed by atoms with E-state index in [1.807, 2.05) is 0 Å². The maximum atomic E-state index is 5.27. The molecule has 0 aromatic heterocycles. The number of fused-ring (bicyclic) bond motifs is 1. The summed E-state index contributed by atoms with van der Waals surface area (Å²) in [5.74, 6) is 0. The number of benzene rings is 1. The van der Waals surface area contributed by atoms with E-state index in [9.17, 15) is 0 Å². The highest BCUT2D eigenvalue weighted by molar-refractivity contribution is 5.32. The average Bonchev–Trinajstić information content (AvgIpc) is 2.33. The van der Waals surface area contributed by atoms with E-state index in [1.165, 1.54) is 16.7 Å². The zero-order valence-corrected chi connectivity index (χ0v) is 6.05. The lowest BCUT2D eigenvalue weighted by Crippen LogP contribution is -1.81. The van der Waals surface area contributed by atoms with Gasteiger partial charge in [-0.3, -0.25) is 0 Å². The summed E-state index contributed by atoms with van der Waals surface area (Å²) in [5, 5.41) is 0. The molecule has 1 aromatic carbocycles. The van der Waals surface area contributed by atoms with Gasteiger partial charge in [0.1, 0.15) is 0 Å². The Balaban J connectivity index is 2.52. The molecule has 0 fully saturated rings. The van der Waals surface area contributed by atoms with Crippen LogP contribution < -0.4 is 0 Å². The molecule has 0 amide bonds. The van der Waals surface area contributed by atoms with Crippen LogP contribution in [0.2, 0.25) is 0 Å². The van der Waals surface area contributed by atoms with Crippen LogP contribution in [0.5, 0.6) is 0 Å². The Hall–Kier alpha value is -0.820. The van der Waals surface area contributed by atoms with Crippen LogP contribution in [0.1, 0.15) is 16.7 Å². The smallest absolute Gasteiger partial charge is 0.0725 e. The van der Waals surface area contributed by atoms with Crippen LogP contribution in [0, 0.1) is 6.92 Å². The first-order valence-corrected chi connectivity index (χ1v) is 3.52. The Kier molecular flexibility index (Phi) is 1.24. The highest BCUT2D eigenvalue weighted by Gasteiger charge is 2.09. The maximum Gasteiger partial charge on any atom is 0.0725 e. The fraction of sp³-hybridized carbons (Fsp3) is 0.333. The fourth-order valence-electron chi connectivity index (χ4n) is 1.30. The van der Waals surface area contributed by atoms with Crippen molar-refractivity contribution in [1.29, 1.82) is 0 Å². The third-order valence-corrected chi connectivity index (χ3v) is 1.88. The van der Waals surface area contributed by atoms with Gasteiger partial charge in [-0.05, 0) is 18.1 Å². The maximum absolute atomic E-state index is 5.27. The van der Waals surface area contributed by atoms with Crippen molar-refractivity contribution in [3.8, 4) is 0 Å². The lowest BCUT2D eigenvalue weighted by atomic mass is 10.1. The lowest BCUT2D eigenvalue weighted by molar-refractivity contribution is 0.134. The molecule has 1 aliphatic rings. The van der Waals surface area contributed by atoms with Crippen molar-refractivity contribution in [2.75, 3.05) is 0 Å². The monoisotopic (exact) mass is 134 g/mol. The minimum absolute atomic E-state index is 0.801. The molecular formula is C9H10O. The van der Waals surface area contributed by atoms with E-state index in [4.69, 9.17) is 4.74 Å². The molecular weight excluding hydrogens is 124 g/mol. The van der Waals surface area contributed by atoms with Crippen LogP contribution in [-0.4, -0.2) is 0 Å². The van der Waals surface area contributed by atoms with Gasteiger partial charge < -0.3 is 4.74 Å². The third-order valence-electron chi connectivity index (χ3n) is 1.88. The molecule has 0 unspecified atom stereocenters. The van der Waals surface area contributed by atoms with Crippen LogP contribution in [0.15, 0.2) is 18.2 Å². The summed E-state index contributed by atoms with van der Waals surface area (Å²) in [6, 6.07) is 6.48. The molecule has 1 heteroatoms. The molecule has 1 aromatic rings. The number of hydrogen-bond donors (Lipinski definition) is 0. The van der Waals surface area contributed by atoms with Crippen molar-refractivity contribution < 1.29 is 4.74 Å². The van der Waals surface area contributed by atoms with E-state index in [0.717, 1.165) is 13.2 Å². The first-order chi connectivity index (χ1) is 4.86. The second-order valence-corrected chi connectivity index (χ2v) is 2.76. The molecule has 0 bridgehead atoms. The SMILES string of the molecule is Cc1ccc2c(c1)COC2. The Labute approximate surface area is 60.6 Å². The largest absolute Gasteiger partial charge is 0.372 e. The second-order valence-electron chi connectivity index (χ2n) is 2.76. The predicted molar refractivity (Wildman–Crippen MR) is 39.7 cm³/mol. The van der Waals surface area contributed by atoms with Crippen LogP contribution in [0.25, 0.3) is 0 Å². The molecule has 10 heavy (non-hydrogen) atoms. The van der Waals surface area contributed by atoms with E-state index in [0.29, 0.717) is 0 Å². The highest BCUT2D eigenvalue weighted by Crippen LogP contribution is 2.19. The molecule has 1 heterocycles. The van der Waals surface area contributed by atoms with Gasteiger partial charge in [-0.2, -0.15) is 0 Å². The highest BCUT2D eigenvalue weighted by atomic mass is 16.5. The van der Waals surface area contributed by atoms with Gasteiger partial charge in [0, 0.05) is 0 Å². The van der Waals surface area contributed by atoms with E-state index < -0.39 is 0 Å². The standard InChI is InChI=1S/C9H10O/c1-7-2-3-8-5-10-6-9(8)4-7/h2-4H,5-6H2,1H3. The summed E-state index contributed by atoms with van der Waals surface area (Å²) >= 11 is 0. The van der Waals surface area contributed by atoms with Crippen molar-refractivity contribution in [2.45, 2.75) is 20.1 Å². The summed E-state index contributed by atoms with van der Waals surface area (Å²) in [4.78, 5) is 0. The molecule has 0 spiro atoms. The zero-order valence-electron chi connectivity index (χ0n) is 6.05. The van der Waals surface area contributed by atoms with Crippen LogP contribution >= 0.6 is 0 Å². The Morgan fingerprint density at radius 2 is 2.00 bits per heavy atom. The van der Waals surface area contributed by atoms with Gasteiger partial charge in [0.25, 0.3) is 0 Å². The minimum atomic E-state index is 0.801. The van der Waals surface area contributed by atoms with Gasteiger partial charge in [0.15, 0.2) is 0 Å². The van der Waals surface area contributed by atoms with Gasteiger partial charge in [0.2, 0.25) is 0 Å². The van der Waals surface area contributed by atoms with Gasteiger partial charge in [-0.25, -0.2) is 0 Å². The lowest BCUT2D eigenvalue weighted by Gasteiger charge is -1.95. The van der Waals surface area contributed by atoms with E-state index in [-0.39, 0.29) is 0 Å². The number of aryl methyl sites for hydroxylation is 1. The van der Waals surface area contributed by atoms with Crippen LogP contribution in [-0.2, 0) is 18.0 Å². The molecule has 2 rings (SSSR count). The van der Waals surface area contributed by atoms with Gasteiger partial charge in [-0.1, -0.05) is 23.8 Å². The average molecular weight is 134 g/mol. The molecule has 0 atom stereocenters. The van der Waals surface area contributed by atoms with Crippen molar-refractivity contribution in [2.24, 2.45) is 0 Å². The van der Waals surface area contributed by atoms with E-state index >= 15 is 0 Å². The summed E-state index contributed by atoms with van der Waals surface area (Å²) in [5.41, 5.74) is 4.04. The van der Waals surface area contributed by atoms with E-state index in [1.54, 1.807) is 0 Å². The van der Waals surface area contributed by atoms with Crippen molar-refractivity contribution >= 4 is 0 Å². The number of hydrogen-bond acceptors (Lipinski definition) is 1. The number of ether oxygens (including phenoxy) is 1. The van der Waals surface area contributed by atoms with E-state index in [2.05, 4.69) is 25.1 Å². The first-order valence-electron chi connectivity index (χ1n) is 3.52. The second kappa shape index (κ2) is 2.10. The molecule has 0 saturated heterocycles. The molecule has 0 aliphatic carbocycles. The van der Waals surface area contributed by atoms with Crippen molar-refractivity contribution in [3.63, 3.8) is 0 Å². The van der Waals surface area contributed by atoms with Gasteiger partial charge >= 0.3 is 0 Å². The van der Waals surface area contributed by atoms with Gasteiger partial charge in [-0.15, -0.1) is 0 Å². The fourth-order valence-corrected chi connectivity index (χ4v) is 1.30. The number of rotatable bonds is 0. The topological polar surface area (TPSA) is 9.23 Å². The van der Waals surface area contributed by atoms with Crippen molar-refractivity contribution in [1.82, 2.24) is 0 Å². The quantitative estimate of drug-likeness (QED) is 0.527. The molecule has 1 aliphatic heterocycles. The predicted octanol–water partition coefficient (Wildman–Crippen LogP) is 2.03.